The number of ketones is 5. The Hall–Kier alpha value is -4.38. The quantitative estimate of drug-likeness (QED) is 0.162. The molecule has 23 fully saturated rings. The fourth-order valence-electron chi connectivity index (χ4n) is 20.4. The molecule has 7 saturated heterocycles. The van der Waals surface area contributed by atoms with E-state index in [1.165, 1.54) is 180 Å². The molecule has 10 unspecified atom stereocenters. The van der Waals surface area contributed by atoms with Crippen LogP contribution in [0.25, 0.3) is 0 Å². The second-order valence-corrected chi connectivity index (χ2v) is 36.2. The normalized spacial score (nSPS) is 30.8. The second-order valence-electron chi connectivity index (χ2n) is 36.2. The molecule has 16 aliphatic carbocycles. The Morgan fingerprint density at radius 1 is 0.274 bits per heavy atom. The van der Waals surface area contributed by atoms with E-state index in [0.717, 1.165) is 145 Å². The molecule has 0 radical (unpaired) electrons. The third kappa shape index (κ3) is 49.6. The van der Waals surface area contributed by atoms with E-state index in [9.17, 15) is 47.9 Å². The molecule has 16 saturated carbocycles. The number of cyclic esters (lactones) is 4. The van der Waals surface area contributed by atoms with Gasteiger partial charge in [0.25, 0.3) is 0 Å². The Bertz CT molecular complexity index is 2440. The summed E-state index contributed by atoms with van der Waals surface area (Å²) in [7, 11) is 0. The van der Waals surface area contributed by atoms with Crippen LogP contribution in [0.4, 0.5) is 0 Å². The van der Waals surface area contributed by atoms with Gasteiger partial charge in [-0.1, -0.05) is 212 Å². The van der Waals surface area contributed by atoms with E-state index in [1.54, 1.807) is 0 Å². The zero-order valence-corrected chi connectivity index (χ0v) is 85.6. The molecular weight excluding hydrogens is 1560 g/mol. The van der Waals surface area contributed by atoms with E-state index in [1.807, 2.05) is 96.9 Å². The van der Waals surface area contributed by atoms with Gasteiger partial charge in [0.2, 0.25) is 0 Å². The Balaban J connectivity index is -0.00000126. The van der Waals surface area contributed by atoms with E-state index in [2.05, 4.69) is 102 Å². The van der Waals surface area contributed by atoms with Crippen molar-refractivity contribution in [2.24, 2.45) is 106 Å². The van der Waals surface area contributed by atoms with Gasteiger partial charge in [-0.3, -0.25) is 47.9 Å². The molecule has 730 valence electrons. The van der Waals surface area contributed by atoms with Crippen molar-refractivity contribution in [3.8, 4) is 0 Å². The van der Waals surface area contributed by atoms with Crippen LogP contribution in [0.3, 0.4) is 0 Å². The number of ether oxygens (including phenoxy) is 7. The van der Waals surface area contributed by atoms with Crippen molar-refractivity contribution >= 4 is 58.8 Å². The number of Topliss-reactive ketones (excluding diaryl/α,β-unsaturated/α-hetero) is 5. The summed E-state index contributed by atoms with van der Waals surface area (Å²) in [6.07, 6.45) is 50.5. The average Bonchev–Trinajstić information content (AvgIpc) is 1.38. The Morgan fingerprint density at radius 3 is 0.726 bits per heavy atom. The van der Waals surface area contributed by atoms with E-state index < -0.39 is 0 Å². The number of hydrogen-bond acceptors (Lipinski definition) is 17. The van der Waals surface area contributed by atoms with Gasteiger partial charge in [-0.25, -0.2) is 0 Å². The van der Waals surface area contributed by atoms with Crippen LogP contribution in [-0.4, -0.2) is 118 Å². The first-order valence-electron chi connectivity index (χ1n) is 52.6. The highest BCUT2D eigenvalue weighted by atomic mass is 16.6. The summed E-state index contributed by atoms with van der Waals surface area (Å²) >= 11 is 0. The Labute approximate surface area is 763 Å². The summed E-state index contributed by atoms with van der Waals surface area (Å²) in [5, 5.41) is 0. The van der Waals surface area contributed by atoms with Gasteiger partial charge in [-0.15, -0.1) is 0 Å². The lowest BCUT2D eigenvalue weighted by Crippen LogP contribution is -2.45. The maximum Gasteiger partial charge on any atom is 0.309 e. The Morgan fingerprint density at radius 2 is 0.565 bits per heavy atom. The highest BCUT2D eigenvalue weighted by molar-refractivity contribution is 5.87. The molecule has 0 aromatic heterocycles. The molecule has 0 N–H and O–H groups in total. The number of hydrogen-bond donors (Lipinski definition) is 0. The van der Waals surface area contributed by atoms with Gasteiger partial charge in [0.1, 0.15) is 35.0 Å². The minimum atomic E-state index is -0.0463. The number of fused-ring (bicyclic) bond motifs is 7. The molecule has 124 heavy (non-hydrogen) atoms. The first-order chi connectivity index (χ1) is 60.0. The van der Waals surface area contributed by atoms with Gasteiger partial charge in [0.05, 0.1) is 32.3 Å². The molecule has 10 atom stereocenters. The second kappa shape index (κ2) is 78.5. The molecular formula is C107H200O17. The molecule has 17 nitrogen and oxygen atoms in total. The maximum atomic E-state index is 11.6. The van der Waals surface area contributed by atoms with Crippen LogP contribution in [0, 0.1) is 106 Å². The fraction of sp³-hybridized carbons (Fsp3) is 0.907. The van der Waals surface area contributed by atoms with Crippen LogP contribution in [0.15, 0.2) is 0 Å². The summed E-state index contributed by atoms with van der Waals surface area (Å²) in [5.41, 5.74) is 0.344. The van der Waals surface area contributed by atoms with Crippen molar-refractivity contribution in [2.45, 2.75) is 469 Å². The largest absolute Gasteiger partial charge is 0.466 e. The van der Waals surface area contributed by atoms with E-state index in [-0.39, 0.29) is 29.8 Å². The van der Waals surface area contributed by atoms with Gasteiger partial charge >= 0.3 is 29.8 Å². The molecule has 0 spiro atoms. The van der Waals surface area contributed by atoms with E-state index in [0.29, 0.717) is 152 Å². The first kappa shape index (κ1) is 124. The van der Waals surface area contributed by atoms with Gasteiger partial charge in [-0.05, 0) is 258 Å². The summed E-state index contributed by atoms with van der Waals surface area (Å²) < 4.78 is 33.5. The van der Waals surface area contributed by atoms with Crippen LogP contribution in [0.1, 0.15) is 463 Å². The Kier molecular flexibility index (Phi) is 78.3. The number of carbonyl (C=O) groups excluding carboxylic acids is 10. The van der Waals surface area contributed by atoms with Crippen molar-refractivity contribution in [2.75, 3.05) is 52.9 Å². The lowest BCUT2D eigenvalue weighted by molar-refractivity contribution is -0.147. The monoisotopic (exact) mass is 1760 g/mol. The lowest BCUT2D eigenvalue weighted by atomic mass is 9.56. The summed E-state index contributed by atoms with van der Waals surface area (Å²) in [6.45, 7) is 60.3. The van der Waals surface area contributed by atoms with Crippen LogP contribution < -0.4 is 0 Å². The van der Waals surface area contributed by atoms with Crippen molar-refractivity contribution in [1.82, 2.24) is 0 Å². The van der Waals surface area contributed by atoms with Gasteiger partial charge in [-0.2, -0.15) is 0 Å². The SMILES string of the molecule is C1CCOC1.C1CCOCC1.CC.CC.CC.CC.CC.CC.CC.CC1(C)C2CCC1C(=O)C2.CCC.CCC.CCC.CCC.CCC.O=C1C2CC3CC(C2)CC1C3.O=C1C2CC3CC(C2)CC1C3.O=C1CC2CCC1C2.O=C1CC2CCC1C2.O=C1CCCCO1.O=C1CCCCO1.O=C1CCCO1.O=C1CCCO1.O=C1OC2CC3CC1C2C3. The van der Waals surface area contributed by atoms with Gasteiger partial charge in [0, 0.05) is 119 Å². The van der Waals surface area contributed by atoms with Crippen LogP contribution in [-0.2, 0) is 81.1 Å². The molecule has 23 rings (SSSR count). The fourth-order valence-corrected chi connectivity index (χ4v) is 20.4. The van der Waals surface area contributed by atoms with Crippen molar-refractivity contribution in [3.63, 3.8) is 0 Å². The number of esters is 5. The molecule has 16 bridgehead atoms. The predicted octanol–water partition coefficient (Wildman–Crippen LogP) is 28.1. The topological polar surface area (TPSA) is 235 Å². The standard InChI is InChI=1S/2C10H14O.C9H14O.C8H10O2.2C7H10O.2C5H8O2.C5H10O.2C4H6O2.C4H8O.5C3H8.7C2H6/c2*11-10-8-2-6-1-7(4-8)5-9(10)3-6;1-9(2)6-3-4-7(9)8(10)5-6;9-8-6-2-4-1-5(6)7(3-4)10-8;2*8-7-4-5-1-2-6(7)3-5;2*6-5-3-1-2-4-7-5;1-2-4-6-5-3-1;2*5-4-2-1-3-6-4;1-2-4-5-3-1;5*1-3-2;7*1-2/h2*6-9H,1-5H2;6-7H,3-5H2,1-2H3;4-7H,1-3H2;2*5-6H,1-4H2;2*1-4H2;1-5H2;2*1-3H2;1-4H2;5*3H2,1-2H3;7*1-2H3. The molecule has 0 aromatic rings. The minimum absolute atomic E-state index is 0.0359. The smallest absolute Gasteiger partial charge is 0.309 e. The summed E-state index contributed by atoms with van der Waals surface area (Å²) in [6, 6.07) is 0. The third-order valence-electron chi connectivity index (χ3n) is 25.3. The van der Waals surface area contributed by atoms with E-state index in [4.69, 9.17) is 14.2 Å². The molecule has 0 amide bonds. The van der Waals surface area contributed by atoms with Gasteiger partial charge in [0.15, 0.2) is 0 Å². The van der Waals surface area contributed by atoms with Crippen LogP contribution >= 0.6 is 0 Å². The van der Waals surface area contributed by atoms with E-state index >= 15 is 0 Å². The van der Waals surface area contributed by atoms with Gasteiger partial charge < -0.3 is 33.2 Å². The first-order valence-corrected chi connectivity index (χ1v) is 52.6. The van der Waals surface area contributed by atoms with Crippen LogP contribution in [0.5, 0.6) is 0 Å². The molecule has 7 aliphatic heterocycles. The number of carbonyl (C=O) groups is 10. The zero-order chi connectivity index (χ0) is 94.4. The minimum Gasteiger partial charge on any atom is -0.466 e. The highest BCUT2D eigenvalue weighted by Gasteiger charge is 2.57. The highest BCUT2D eigenvalue weighted by Crippen LogP contribution is 2.57. The molecule has 7 heterocycles. The zero-order valence-electron chi connectivity index (χ0n) is 85.6. The predicted molar refractivity (Wildman–Crippen MR) is 513 cm³/mol. The van der Waals surface area contributed by atoms with Crippen molar-refractivity contribution in [1.29, 1.82) is 0 Å². The average molecular weight is 1760 g/mol. The van der Waals surface area contributed by atoms with Crippen molar-refractivity contribution in [3.05, 3.63) is 0 Å². The lowest BCUT2D eigenvalue weighted by Gasteiger charge is -2.48. The molecule has 17 heteroatoms. The summed E-state index contributed by atoms with van der Waals surface area (Å²) in [4.78, 5) is 108. The molecule has 0 aromatic carbocycles. The third-order valence-corrected chi connectivity index (χ3v) is 25.3. The number of rotatable bonds is 0. The molecule has 23 aliphatic rings. The van der Waals surface area contributed by atoms with Crippen LogP contribution in [0.2, 0.25) is 0 Å². The maximum absolute atomic E-state index is 11.6. The summed E-state index contributed by atoms with van der Waals surface area (Å²) in [5.74, 6) is 14.1. The van der Waals surface area contributed by atoms with Crippen molar-refractivity contribution < 1.29 is 81.1 Å².